The molecule has 4 nitrogen and oxygen atoms in total. The number of carbonyl (C=O) groups excluding carboxylic acids is 1. The molecule has 4 aliphatic rings. The van der Waals surface area contributed by atoms with Gasteiger partial charge in [0.1, 0.15) is 0 Å². The van der Waals surface area contributed by atoms with Crippen molar-refractivity contribution in [1.82, 2.24) is 5.32 Å². The van der Waals surface area contributed by atoms with Crippen molar-refractivity contribution in [1.29, 1.82) is 0 Å². The molecule has 3 fully saturated rings. The van der Waals surface area contributed by atoms with Gasteiger partial charge < -0.3 is 5.32 Å². The maximum Gasteiger partial charge on any atom is 0.255 e. The summed E-state index contributed by atoms with van der Waals surface area (Å²) in [4.78, 5) is 12.3. The fourth-order valence-corrected chi connectivity index (χ4v) is 4.82. The van der Waals surface area contributed by atoms with Gasteiger partial charge in [-0.2, -0.15) is 10.2 Å². The van der Waals surface area contributed by atoms with Crippen LogP contribution in [0.15, 0.2) is 10.2 Å². The third-order valence-corrected chi connectivity index (χ3v) is 6.00. The number of halogens is 2. The Kier molecular flexibility index (Phi) is 2.88. The number of terminal acetylenes is 1. The quantitative estimate of drug-likeness (QED) is 0.754. The Bertz CT molecular complexity index is 576. The number of fused-ring (bicyclic) bond motifs is 5. The van der Waals surface area contributed by atoms with E-state index in [9.17, 15) is 13.6 Å². The minimum Gasteiger partial charge on any atom is -0.356 e. The lowest BCUT2D eigenvalue weighted by molar-refractivity contribution is -0.126. The van der Waals surface area contributed by atoms with Crippen molar-refractivity contribution < 1.29 is 13.6 Å². The highest BCUT2D eigenvalue weighted by Gasteiger charge is 2.80. The van der Waals surface area contributed by atoms with E-state index in [1.54, 1.807) is 0 Å². The van der Waals surface area contributed by atoms with Gasteiger partial charge in [-0.05, 0) is 24.7 Å². The summed E-state index contributed by atoms with van der Waals surface area (Å²) in [6.07, 6.45) is 8.64. The average Bonchev–Trinajstić information content (AvgIpc) is 3.23. The first-order valence-corrected chi connectivity index (χ1v) is 8.01. The van der Waals surface area contributed by atoms with Crippen LogP contribution in [0.3, 0.4) is 0 Å². The second-order valence-corrected chi connectivity index (χ2v) is 7.16. The topological polar surface area (TPSA) is 53.8 Å². The Labute approximate surface area is 128 Å². The molecular weight excluding hydrogens is 288 g/mol. The van der Waals surface area contributed by atoms with Crippen LogP contribution < -0.4 is 5.32 Å². The summed E-state index contributed by atoms with van der Waals surface area (Å²) in [6.45, 7) is 0.481. The highest BCUT2D eigenvalue weighted by molar-refractivity contribution is 5.79. The molecule has 0 saturated heterocycles. The van der Waals surface area contributed by atoms with Crippen molar-refractivity contribution in [2.45, 2.75) is 43.7 Å². The minimum absolute atomic E-state index is 0.0520. The SMILES string of the molecule is C#CCCC1(CCNC(=O)C2CC3CC2C2C3C2(F)F)N=N1. The lowest BCUT2D eigenvalue weighted by Gasteiger charge is -2.20. The number of carbonyl (C=O) groups is 1. The standard InChI is InChI=1S/C16H19F2N3O/c1-2-3-4-15(20-21-15)5-6-19-14(22)11-8-9-7-10(11)13-12(9)16(13,17)18/h1,9-13H,3-8H2,(H,19,22). The van der Waals surface area contributed by atoms with Crippen LogP contribution in [-0.4, -0.2) is 24.0 Å². The van der Waals surface area contributed by atoms with E-state index in [1.165, 1.54) is 0 Å². The van der Waals surface area contributed by atoms with Gasteiger partial charge in [0, 0.05) is 43.6 Å². The number of nitrogens with zero attached hydrogens (tertiary/aromatic N) is 2. The molecule has 1 aliphatic heterocycles. The summed E-state index contributed by atoms with van der Waals surface area (Å²) in [6, 6.07) is 0. The second kappa shape index (κ2) is 4.50. The molecule has 4 rings (SSSR count). The normalized spacial score (nSPS) is 40.9. The van der Waals surface area contributed by atoms with Gasteiger partial charge in [-0.1, -0.05) is 0 Å². The molecule has 5 atom stereocenters. The predicted molar refractivity (Wildman–Crippen MR) is 74.9 cm³/mol. The molecule has 1 amide bonds. The number of alkyl halides is 2. The zero-order valence-electron chi connectivity index (χ0n) is 12.3. The molecule has 0 aromatic heterocycles. The van der Waals surface area contributed by atoms with Crippen molar-refractivity contribution in [3.63, 3.8) is 0 Å². The van der Waals surface area contributed by atoms with Crippen LogP contribution in [0, 0.1) is 41.9 Å². The van der Waals surface area contributed by atoms with Gasteiger partial charge in [0.2, 0.25) is 5.91 Å². The highest BCUT2D eigenvalue weighted by Crippen LogP contribution is 2.75. The Hall–Kier alpha value is -1.51. The van der Waals surface area contributed by atoms with Crippen molar-refractivity contribution in [3.8, 4) is 12.3 Å². The Morgan fingerprint density at radius 3 is 2.68 bits per heavy atom. The minimum atomic E-state index is -2.51. The first-order chi connectivity index (χ1) is 10.5. The van der Waals surface area contributed by atoms with Crippen molar-refractivity contribution >= 4 is 5.91 Å². The zero-order valence-corrected chi connectivity index (χ0v) is 12.3. The molecule has 22 heavy (non-hydrogen) atoms. The second-order valence-electron chi connectivity index (χ2n) is 7.16. The highest BCUT2D eigenvalue weighted by atomic mass is 19.3. The fourth-order valence-electron chi connectivity index (χ4n) is 4.82. The summed E-state index contributed by atoms with van der Waals surface area (Å²) in [5.74, 6) is -1.26. The largest absolute Gasteiger partial charge is 0.356 e. The van der Waals surface area contributed by atoms with Crippen molar-refractivity contribution in [3.05, 3.63) is 0 Å². The third kappa shape index (κ3) is 1.98. The molecule has 0 aromatic rings. The zero-order chi connectivity index (χ0) is 15.5. The number of amides is 1. The van der Waals surface area contributed by atoms with Gasteiger partial charge in [-0.3, -0.25) is 4.79 Å². The first-order valence-electron chi connectivity index (χ1n) is 8.01. The van der Waals surface area contributed by atoms with Crippen molar-refractivity contribution in [2.24, 2.45) is 39.8 Å². The molecule has 6 heteroatoms. The van der Waals surface area contributed by atoms with Gasteiger partial charge in [-0.15, -0.1) is 12.3 Å². The number of rotatable bonds is 6. The molecule has 118 valence electrons. The van der Waals surface area contributed by atoms with Crippen LogP contribution in [0.4, 0.5) is 8.78 Å². The Balaban J connectivity index is 1.26. The van der Waals surface area contributed by atoms with Crippen LogP contribution in [-0.2, 0) is 4.79 Å². The van der Waals surface area contributed by atoms with E-state index in [0.717, 1.165) is 6.42 Å². The monoisotopic (exact) mass is 307 g/mol. The number of nitrogens with one attached hydrogen (secondary N) is 1. The van der Waals surface area contributed by atoms with Crippen LogP contribution in [0.2, 0.25) is 0 Å². The van der Waals surface area contributed by atoms with Crippen LogP contribution in [0.25, 0.3) is 0 Å². The smallest absolute Gasteiger partial charge is 0.255 e. The molecule has 3 saturated carbocycles. The maximum atomic E-state index is 13.6. The fraction of sp³-hybridized carbons (Fsp3) is 0.812. The van der Waals surface area contributed by atoms with Gasteiger partial charge in [-0.25, -0.2) is 8.78 Å². The van der Waals surface area contributed by atoms with Crippen LogP contribution in [0.1, 0.15) is 32.1 Å². The van der Waals surface area contributed by atoms with E-state index >= 15 is 0 Å². The molecular formula is C16H19F2N3O. The van der Waals surface area contributed by atoms with E-state index in [-0.39, 0.29) is 23.7 Å². The Morgan fingerprint density at radius 1 is 1.27 bits per heavy atom. The van der Waals surface area contributed by atoms with E-state index in [2.05, 4.69) is 21.5 Å². The lowest BCUT2D eigenvalue weighted by atomic mass is 9.88. The average molecular weight is 307 g/mol. The van der Waals surface area contributed by atoms with E-state index < -0.39 is 23.4 Å². The Morgan fingerprint density at radius 2 is 2.05 bits per heavy atom. The maximum absolute atomic E-state index is 13.6. The van der Waals surface area contributed by atoms with Gasteiger partial charge in [0.15, 0.2) is 5.66 Å². The summed E-state index contributed by atoms with van der Waals surface area (Å²) >= 11 is 0. The number of hydrogen-bond donors (Lipinski definition) is 1. The molecule has 0 aromatic carbocycles. The molecule has 1 heterocycles. The van der Waals surface area contributed by atoms with Gasteiger partial charge >= 0.3 is 0 Å². The summed E-state index contributed by atoms with van der Waals surface area (Å²) < 4.78 is 27.2. The molecule has 3 aliphatic carbocycles. The first kappa shape index (κ1) is 14.1. The van der Waals surface area contributed by atoms with Gasteiger partial charge in [0.25, 0.3) is 5.92 Å². The van der Waals surface area contributed by atoms with Crippen LogP contribution >= 0.6 is 0 Å². The predicted octanol–water partition coefficient (Wildman–Crippen LogP) is 2.61. The summed E-state index contributed by atoms with van der Waals surface area (Å²) in [7, 11) is 0. The van der Waals surface area contributed by atoms with Crippen LogP contribution in [0.5, 0.6) is 0 Å². The molecule has 5 unspecified atom stereocenters. The lowest BCUT2D eigenvalue weighted by Crippen LogP contribution is -2.36. The van der Waals surface area contributed by atoms with Gasteiger partial charge in [0.05, 0.1) is 0 Å². The number of hydrogen-bond acceptors (Lipinski definition) is 3. The molecule has 0 spiro atoms. The molecule has 1 N–H and O–H groups in total. The van der Waals surface area contributed by atoms with E-state index in [1.807, 2.05) is 0 Å². The van der Waals surface area contributed by atoms with Crippen molar-refractivity contribution in [2.75, 3.05) is 6.54 Å². The molecule has 2 bridgehead atoms. The summed E-state index contributed by atoms with van der Waals surface area (Å²) in [5, 5.41) is 10.9. The summed E-state index contributed by atoms with van der Waals surface area (Å²) in [5.41, 5.74) is -0.400. The van der Waals surface area contributed by atoms with E-state index in [0.29, 0.717) is 32.2 Å². The third-order valence-electron chi connectivity index (χ3n) is 6.00. The molecule has 0 radical (unpaired) electrons. The van der Waals surface area contributed by atoms with E-state index in [4.69, 9.17) is 6.42 Å².